The van der Waals surface area contributed by atoms with Crippen LogP contribution in [0.5, 0.6) is 0 Å². The van der Waals surface area contributed by atoms with Crippen LogP contribution >= 0.6 is 0 Å². The molecule has 2 unspecified atom stereocenters. The fourth-order valence-corrected chi connectivity index (χ4v) is 2.79. The Morgan fingerprint density at radius 2 is 2.21 bits per heavy atom. The summed E-state index contributed by atoms with van der Waals surface area (Å²) in [6.07, 6.45) is 3.39. The number of morpholine rings is 1. The highest BCUT2D eigenvalue weighted by Gasteiger charge is 2.26. The van der Waals surface area contributed by atoms with Crippen LogP contribution in [0.25, 0.3) is 0 Å². The van der Waals surface area contributed by atoms with Gasteiger partial charge in [-0.05, 0) is 19.5 Å². The number of nitrogens with zero attached hydrogens (tertiary/aromatic N) is 3. The molecule has 1 aliphatic rings. The minimum absolute atomic E-state index is 0.0649. The average Bonchev–Trinajstić information content (AvgIpc) is 3.04. The maximum atomic E-state index is 12.3. The topological polar surface area (TPSA) is 59.4 Å². The lowest BCUT2D eigenvalue weighted by atomic mass is 10.1. The van der Waals surface area contributed by atoms with Gasteiger partial charge in [0, 0.05) is 24.8 Å². The van der Waals surface area contributed by atoms with Crippen LogP contribution in [0.1, 0.15) is 24.1 Å². The summed E-state index contributed by atoms with van der Waals surface area (Å²) in [5, 5.41) is 7.41. The third kappa shape index (κ3) is 4.21. The van der Waals surface area contributed by atoms with Crippen molar-refractivity contribution < 1.29 is 9.53 Å². The molecule has 1 amide bonds. The fraction of sp³-hybridized carbons (Fsp3) is 0.444. The van der Waals surface area contributed by atoms with E-state index in [1.165, 1.54) is 5.56 Å². The molecule has 1 fully saturated rings. The first-order valence-electron chi connectivity index (χ1n) is 8.28. The second-order valence-electron chi connectivity index (χ2n) is 6.31. The van der Waals surface area contributed by atoms with E-state index in [0.717, 1.165) is 18.7 Å². The minimum atomic E-state index is -0.398. The molecule has 0 radical (unpaired) electrons. The van der Waals surface area contributed by atoms with E-state index in [1.807, 2.05) is 49.2 Å². The van der Waals surface area contributed by atoms with Crippen LogP contribution < -0.4 is 5.32 Å². The van der Waals surface area contributed by atoms with Crippen LogP contribution in [-0.2, 0) is 16.1 Å². The molecule has 1 aromatic heterocycles. The Labute approximate surface area is 142 Å². The van der Waals surface area contributed by atoms with E-state index >= 15 is 0 Å². The Morgan fingerprint density at radius 1 is 1.42 bits per heavy atom. The maximum Gasteiger partial charge on any atom is 0.250 e. The summed E-state index contributed by atoms with van der Waals surface area (Å²) in [4.78, 5) is 14.4. The van der Waals surface area contributed by atoms with Gasteiger partial charge in [-0.1, -0.05) is 30.3 Å². The Hall–Kier alpha value is -2.18. The summed E-state index contributed by atoms with van der Waals surface area (Å²) in [7, 11) is 2.00. The summed E-state index contributed by atoms with van der Waals surface area (Å²) < 4.78 is 7.44. The van der Waals surface area contributed by atoms with Crippen molar-refractivity contribution in [2.24, 2.45) is 0 Å². The van der Waals surface area contributed by atoms with Gasteiger partial charge in [0.2, 0.25) is 0 Å². The first-order valence-corrected chi connectivity index (χ1v) is 8.28. The average molecular weight is 328 g/mol. The summed E-state index contributed by atoms with van der Waals surface area (Å²) in [5.41, 5.74) is 2.19. The van der Waals surface area contributed by atoms with E-state index in [9.17, 15) is 4.79 Å². The molecule has 2 heterocycles. The van der Waals surface area contributed by atoms with Crippen molar-refractivity contribution in [3.8, 4) is 0 Å². The van der Waals surface area contributed by atoms with Gasteiger partial charge in [0.05, 0.1) is 25.4 Å². The van der Waals surface area contributed by atoms with Crippen molar-refractivity contribution >= 4 is 5.91 Å². The minimum Gasteiger partial charge on any atom is -0.366 e. The number of hydrogen-bond acceptors (Lipinski definition) is 4. The first kappa shape index (κ1) is 16.7. The van der Waals surface area contributed by atoms with Crippen LogP contribution in [0.2, 0.25) is 0 Å². The highest BCUT2D eigenvalue weighted by Crippen LogP contribution is 2.13. The van der Waals surface area contributed by atoms with Crippen LogP contribution in [0.4, 0.5) is 0 Å². The van der Waals surface area contributed by atoms with Crippen molar-refractivity contribution in [1.29, 1.82) is 0 Å². The molecule has 24 heavy (non-hydrogen) atoms. The van der Waals surface area contributed by atoms with Crippen LogP contribution in [0, 0.1) is 0 Å². The molecule has 1 N–H and O–H groups in total. The summed E-state index contributed by atoms with van der Waals surface area (Å²) in [5.74, 6) is -0.0649. The molecule has 2 atom stereocenters. The third-order valence-electron chi connectivity index (χ3n) is 4.26. The molecule has 1 saturated heterocycles. The fourth-order valence-electron chi connectivity index (χ4n) is 2.79. The van der Waals surface area contributed by atoms with Crippen molar-refractivity contribution in [1.82, 2.24) is 20.0 Å². The maximum absolute atomic E-state index is 12.3. The van der Waals surface area contributed by atoms with Gasteiger partial charge in [0.15, 0.2) is 0 Å². The quantitative estimate of drug-likeness (QED) is 0.902. The zero-order chi connectivity index (χ0) is 16.9. The number of carbonyl (C=O) groups excluding carboxylic acids is 1. The number of nitrogens with one attached hydrogen (secondary N) is 1. The molecule has 0 aliphatic carbocycles. The molecule has 0 bridgehead atoms. The number of ether oxygens (including phenoxy) is 1. The Morgan fingerprint density at radius 3 is 2.96 bits per heavy atom. The van der Waals surface area contributed by atoms with Crippen molar-refractivity contribution in [2.45, 2.75) is 25.6 Å². The number of amides is 1. The van der Waals surface area contributed by atoms with Gasteiger partial charge < -0.3 is 15.0 Å². The normalized spacial score (nSPS) is 19.8. The number of hydrogen-bond donors (Lipinski definition) is 1. The molecule has 2 aromatic rings. The van der Waals surface area contributed by atoms with E-state index in [1.54, 1.807) is 0 Å². The van der Waals surface area contributed by atoms with E-state index in [0.29, 0.717) is 13.2 Å². The van der Waals surface area contributed by atoms with Gasteiger partial charge in [0.1, 0.15) is 6.10 Å². The number of benzene rings is 1. The predicted molar refractivity (Wildman–Crippen MR) is 91.6 cm³/mol. The van der Waals surface area contributed by atoms with Crippen LogP contribution in [0.3, 0.4) is 0 Å². The number of carbonyl (C=O) groups is 1. The molecular weight excluding hydrogens is 304 g/mol. The lowest BCUT2D eigenvalue weighted by molar-refractivity contribution is -0.138. The molecule has 128 valence electrons. The highest BCUT2D eigenvalue weighted by atomic mass is 16.5. The predicted octanol–water partition coefficient (Wildman–Crippen LogP) is 1.44. The van der Waals surface area contributed by atoms with Gasteiger partial charge >= 0.3 is 0 Å². The smallest absolute Gasteiger partial charge is 0.250 e. The van der Waals surface area contributed by atoms with E-state index in [2.05, 4.69) is 27.4 Å². The monoisotopic (exact) mass is 328 g/mol. The Balaban J connectivity index is 1.57. The lowest BCUT2D eigenvalue weighted by Gasteiger charge is -2.29. The molecular formula is C18H24N4O2. The van der Waals surface area contributed by atoms with Gasteiger partial charge in [-0.2, -0.15) is 5.10 Å². The van der Waals surface area contributed by atoms with Gasteiger partial charge in [-0.3, -0.25) is 9.48 Å². The molecule has 1 aliphatic heterocycles. The highest BCUT2D eigenvalue weighted by molar-refractivity contribution is 5.81. The van der Waals surface area contributed by atoms with Gasteiger partial charge in [-0.15, -0.1) is 0 Å². The summed E-state index contributed by atoms with van der Waals surface area (Å²) in [6.45, 7) is 4.78. The van der Waals surface area contributed by atoms with Crippen molar-refractivity contribution in [3.63, 3.8) is 0 Å². The third-order valence-corrected chi connectivity index (χ3v) is 4.26. The largest absolute Gasteiger partial charge is 0.366 e. The van der Waals surface area contributed by atoms with Crippen molar-refractivity contribution in [2.75, 3.05) is 26.7 Å². The SMILES string of the molecule is CC(NC(=O)C1CN(C)CCO1)c1cnn(Cc2ccccc2)c1. The molecule has 1 aromatic carbocycles. The van der Waals surface area contributed by atoms with Gasteiger partial charge in [0.25, 0.3) is 5.91 Å². The summed E-state index contributed by atoms with van der Waals surface area (Å²) in [6, 6.07) is 10.1. The van der Waals surface area contributed by atoms with Gasteiger partial charge in [-0.25, -0.2) is 0 Å². The first-order chi connectivity index (χ1) is 11.6. The molecule has 3 rings (SSSR count). The Kier molecular flexibility index (Phi) is 5.27. The second kappa shape index (κ2) is 7.59. The summed E-state index contributed by atoms with van der Waals surface area (Å²) >= 11 is 0. The second-order valence-corrected chi connectivity index (χ2v) is 6.31. The molecule has 6 nitrogen and oxygen atoms in total. The van der Waals surface area contributed by atoms with Crippen molar-refractivity contribution in [3.05, 3.63) is 53.9 Å². The number of likely N-dealkylation sites (N-methyl/N-ethyl adjacent to an activating group) is 1. The standard InChI is InChI=1S/C18H24N4O2/c1-14(20-18(23)17-13-21(2)8-9-24-17)16-10-19-22(12-16)11-15-6-4-3-5-7-15/h3-7,10,12,14,17H,8-9,11,13H2,1-2H3,(H,20,23). The zero-order valence-electron chi connectivity index (χ0n) is 14.2. The van der Waals surface area contributed by atoms with E-state index in [-0.39, 0.29) is 11.9 Å². The number of aromatic nitrogens is 2. The number of rotatable bonds is 5. The lowest BCUT2D eigenvalue weighted by Crippen LogP contribution is -2.48. The van der Waals surface area contributed by atoms with E-state index < -0.39 is 6.10 Å². The molecule has 0 saturated carbocycles. The van der Waals surface area contributed by atoms with Crippen LogP contribution in [0.15, 0.2) is 42.7 Å². The molecule has 6 heteroatoms. The van der Waals surface area contributed by atoms with E-state index in [4.69, 9.17) is 4.74 Å². The van der Waals surface area contributed by atoms with Crippen LogP contribution in [-0.4, -0.2) is 53.4 Å². The molecule has 0 spiro atoms. The Bertz CT molecular complexity index is 671. The zero-order valence-corrected chi connectivity index (χ0v) is 14.2.